The standard InChI is InChI=1S/C25H45N7O8S2/c1-19(33)29-22(14-20-7-9-23(34)10-8-20)16-31(41(3,37)38)18-25(36)30-21(6-4-5-11-26)15-32(17-24(35)28-2)42(39,40)13-12-27/h7-10,21-22,34H,4-6,11-18,26-27H2,1-3H3,(H,28,35)(H,29,33)(H,30,36)/t21-,22-/m0/s1. The van der Waals surface area contributed by atoms with E-state index in [0.717, 1.165) is 20.4 Å². The Morgan fingerprint density at radius 2 is 1.48 bits per heavy atom. The quantitative estimate of drug-likeness (QED) is 0.0835. The summed E-state index contributed by atoms with van der Waals surface area (Å²) in [5, 5.41) is 17.3. The van der Waals surface area contributed by atoms with Crippen LogP contribution in [0.3, 0.4) is 0 Å². The Morgan fingerprint density at radius 1 is 0.881 bits per heavy atom. The number of carbonyl (C=O) groups excluding carboxylic acids is 3. The van der Waals surface area contributed by atoms with Crippen LogP contribution in [0, 0.1) is 0 Å². The molecule has 2 atom stereocenters. The van der Waals surface area contributed by atoms with Crippen LogP contribution in [0.2, 0.25) is 0 Å². The minimum Gasteiger partial charge on any atom is -0.508 e. The first-order chi connectivity index (χ1) is 19.6. The molecule has 17 heteroatoms. The molecule has 240 valence electrons. The van der Waals surface area contributed by atoms with Gasteiger partial charge in [-0.1, -0.05) is 18.6 Å². The number of hydrogen-bond donors (Lipinski definition) is 6. The summed E-state index contributed by atoms with van der Waals surface area (Å²) in [6.07, 6.45) is 2.62. The van der Waals surface area contributed by atoms with Gasteiger partial charge in [-0.05, 0) is 43.5 Å². The summed E-state index contributed by atoms with van der Waals surface area (Å²) in [6.45, 7) is -0.0353. The van der Waals surface area contributed by atoms with Gasteiger partial charge in [-0.3, -0.25) is 14.4 Å². The largest absolute Gasteiger partial charge is 0.508 e. The first kappa shape index (κ1) is 37.2. The number of nitrogens with zero attached hydrogens (tertiary/aromatic N) is 2. The normalized spacial score (nSPS) is 13.5. The van der Waals surface area contributed by atoms with Crippen molar-refractivity contribution < 1.29 is 36.3 Å². The van der Waals surface area contributed by atoms with E-state index in [2.05, 4.69) is 16.0 Å². The predicted octanol–water partition coefficient (Wildman–Crippen LogP) is -2.35. The number of amides is 3. The number of phenolic OH excluding ortho intramolecular Hbond substituents is 1. The third kappa shape index (κ3) is 14.4. The molecule has 0 aliphatic rings. The highest BCUT2D eigenvalue weighted by Gasteiger charge is 2.29. The summed E-state index contributed by atoms with van der Waals surface area (Å²) in [5.41, 5.74) is 11.8. The van der Waals surface area contributed by atoms with Crippen molar-refractivity contribution in [1.82, 2.24) is 24.6 Å². The summed E-state index contributed by atoms with van der Waals surface area (Å²) in [6, 6.07) is 4.75. The van der Waals surface area contributed by atoms with E-state index in [1.165, 1.54) is 26.1 Å². The van der Waals surface area contributed by atoms with E-state index in [-0.39, 0.29) is 31.8 Å². The fraction of sp³-hybridized carbons (Fsp3) is 0.640. The van der Waals surface area contributed by atoms with Crippen molar-refractivity contribution in [2.45, 2.75) is 44.7 Å². The van der Waals surface area contributed by atoms with Crippen molar-refractivity contribution in [2.24, 2.45) is 11.5 Å². The number of rotatable bonds is 20. The van der Waals surface area contributed by atoms with Gasteiger partial charge in [0.2, 0.25) is 37.8 Å². The van der Waals surface area contributed by atoms with Gasteiger partial charge < -0.3 is 32.5 Å². The van der Waals surface area contributed by atoms with E-state index in [4.69, 9.17) is 11.5 Å². The third-order valence-corrected chi connectivity index (χ3v) is 9.24. The summed E-state index contributed by atoms with van der Waals surface area (Å²) < 4.78 is 52.8. The van der Waals surface area contributed by atoms with E-state index >= 15 is 0 Å². The highest BCUT2D eigenvalue weighted by atomic mass is 32.2. The number of unbranched alkanes of at least 4 members (excludes halogenated alkanes) is 1. The number of aromatic hydroxyl groups is 1. The number of phenols is 1. The van der Waals surface area contributed by atoms with Crippen LogP contribution in [0.1, 0.15) is 31.7 Å². The van der Waals surface area contributed by atoms with E-state index in [0.29, 0.717) is 25.8 Å². The Hall–Kier alpha value is -2.83. The number of sulfonamides is 2. The van der Waals surface area contributed by atoms with Gasteiger partial charge in [0, 0.05) is 45.7 Å². The van der Waals surface area contributed by atoms with E-state index in [9.17, 15) is 36.3 Å². The molecular formula is C25H45N7O8S2. The lowest BCUT2D eigenvalue weighted by atomic mass is 10.1. The third-order valence-electron chi connectivity index (χ3n) is 6.20. The first-order valence-electron chi connectivity index (χ1n) is 13.5. The lowest BCUT2D eigenvalue weighted by Crippen LogP contribution is -2.53. The molecule has 0 aromatic heterocycles. The maximum atomic E-state index is 13.2. The van der Waals surface area contributed by atoms with Crippen molar-refractivity contribution in [3.8, 4) is 5.75 Å². The second-order valence-corrected chi connectivity index (χ2v) is 14.0. The second kappa shape index (κ2) is 18.0. The van der Waals surface area contributed by atoms with Crippen LogP contribution in [0.4, 0.5) is 0 Å². The first-order valence-corrected chi connectivity index (χ1v) is 16.9. The molecule has 1 aromatic rings. The Morgan fingerprint density at radius 3 is 2.00 bits per heavy atom. The zero-order valence-electron chi connectivity index (χ0n) is 24.4. The fourth-order valence-electron chi connectivity index (χ4n) is 4.15. The van der Waals surface area contributed by atoms with Crippen LogP contribution in [-0.2, 0) is 40.9 Å². The van der Waals surface area contributed by atoms with E-state index < -0.39 is 68.7 Å². The molecule has 0 fully saturated rings. The molecule has 0 radical (unpaired) electrons. The molecule has 0 saturated carbocycles. The van der Waals surface area contributed by atoms with Gasteiger partial charge in [0.15, 0.2) is 0 Å². The zero-order chi connectivity index (χ0) is 31.9. The summed E-state index contributed by atoms with van der Waals surface area (Å²) in [5.74, 6) is -1.99. The number of hydrogen-bond acceptors (Lipinski definition) is 10. The average Bonchev–Trinajstić information content (AvgIpc) is 2.88. The van der Waals surface area contributed by atoms with Crippen LogP contribution in [0.25, 0.3) is 0 Å². The van der Waals surface area contributed by atoms with Gasteiger partial charge in [0.25, 0.3) is 0 Å². The molecule has 0 aliphatic heterocycles. The van der Waals surface area contributed by atoms with Crippen LogP contribution in [0.15, 0.2) is 24.3 Å². The molecule has 1 aromatic carbocycles. The molecule has 15 nitrogen and oxygen atoms in total. The van der Waals surface area contributed by atoms with Crippen LogP contribution in [0.5, 0.6) is 5.75 Å². The lowest BCUT2D eigenvalue weighted by Gasteiger charge is -2.29. The molecule has 0 saturated heterocycles. The number of benzene rings is 1. The van der Waals surface area contributed by atoms with Gasteiger partial charge in [-0.15, -0.1) is 0 Å². The Bertz CT molecular complexity index is 1230. The van der Waals surface area contributed by atoms with Crippen LogP contribution < -0.4 is 27.4 Å². The number of likely N-dealkylation sites (N-methyl/N-ethyl adjacent to an activating group) is 1. The highest BCUT2D eigenvalue weighted by Crippen LogP contribution is 2.13. The zero-order valence-corrected chi connectivity index (χ0v) is 26.0. The predicted molar refractivity (Wildman–Crippen MR) is 159 cm³/mol. The maximum Gasteiger partial charge on any atom is 0.235 e. The number of carbonyl (C=O) groups is 3. The van der Waals surface area contributed by atoms with Crippen LogP contribution >= 0.6 is 0 Å². The number of nitrogens with two attached hydrogens (primary N) is 2. The molecule has 3 amide bonds. The van der Waals surface area contributed by atoms with Crippen molar-refractivity contribution in [3.63, 3.8) is 0 Å². The molecule has 0 unspecified atom stereocenters. The van der Waals surface area contributed by atoms with Gasteiger partial charge in [0.05, 0.1) is 25.1 Å². The van der Waals surface area contributed by atoms with Crippen molar-refractivity contribution >= 4 is 37.8 Å². The monoisotopic (exact) mass is 635 g/mol. The van der Waals surface area contributed by atoms with Gasteiger partial charge in [-0.2, -0.15) is 8.61 Å². The number of nitrogens with one attached hydrogen (secondary N) is 3. The highest BCUT2D eigenvalue weighted by molar-refractivity contribution is 7.89. The van der Waals surface area contributed by atoms with Gasteiger partial charge in [-0.25, -0.2) is 16.8 Å². The fourth-order valence-corrected chi connectivity index (χ4v) is 6.23. The van der Waals surface area contributed by atoms with Crippen molar-refractivity contribution in [1.29, 1.82) is 0 Å². The molecule has 0 spiro atoms. The SMILES string of the molecule is CNC(=O)CN(C[C@H](CCCCN)NC(=O)CN(C[C@H](Cc1ccc(O)cc1)NC(C)=O)S(C)(=O)=O)S(=O)(=O)CCN. The van der Waals surface area contributed by atoms with E-state index in [1.54, 1.807) is 12.1 Å². The maximum absolute atomic E-state index is 13.2. The molecule has 42 heavy (non-hydrogen) atoms. The van der Waals surface area contributed by atoms with Crippen LogP contribution in [-0.4, -0.2) is 119 Å². The Labute approximate surface area is 248 Å². The molecule has 1 rings (SSSR count). The van der Waals surface area contributed by atoms with Crippen molar-refractivity contribution in [3.05, 3.63) is 29.8 Å². The molecule has 0 heterocycles. The second-order valence-electron chi connectivity index (χ2n) is 9.94. The Balaban J connectivity index is 3.16. The molecular weight excluding hydrogens is 590 g/mol. The van der Waals surface area contributed by atoms with Gasteiger partial charge in [0.1, 0.15) is 5.75 Å². The molecule has 0 bridgehead atoms. The topological polar surface area (TPSA) is 234 Å². The summed E-state index contributed by atoms with van der Waals surface area (Å²) in [7, 11) is -6.50. The molecule has 0 aliphatic carbocycles. The smallest absolute Gasteiger partial charge is 0.235 e. The molecule has 8 N–H and O–H groups in total. The Kier molecular flexibility index (Phi) is 15.9. The summed E-state index contributed by atoms with van der Waals surface area (Å²) in [4.78, 5) is 37.1. The summed E-state index contributed by atoms with van der Waals surface area (Å²) >= 11 is 0. The van der Waals surface area contributed by atoms with Gasteiger partial charge >= 0.3 is 0 Å². The average molecular weight is 636 g/mol. The van der Waals surface area contributed by atoms with Crippen molar-refractivity contribution in [2.75, 3.05) is 58.3 Å². The minimum atomic E-state index is -3.94. The lowest BCUT2D eigenvalue weighted by molar-refractivity contribution is -0.122. The van der Waals surface area contributed by atoms with E-state index in [1.807, 2.05) is 0 Å². The minimum absolute atomic E-state index is 0.0509.